The molecule has 5 heteroatoms. The molecule has 0 unspecified atom stereocenters. The SMILES string of the molecule is CCC(CC)N(CCBr)Cc1ccc(C(F)(F)F)cc1. The molecule has 0 amide bonds. The summed E-state index contributed by atoms with van der Waals surface area (Å²) in [6.07, 6.45) is -2.17. The molecule has 0 aliphatic heterocycles. The average molecular weight is 352 g/mol. The molecule has 0 atom stereocenters. The average Bonchev–Trinajstić information content (AvgIpc) is 2.40. The summed E-state index contributed by atoms with van der Waals surface area (Å²) in [5.41, 5.74) is 0.335. The number of halogens is 4. The van der Waals surface area contributed by atoms with Gasteiger partial charge < -0.3 is 0 Å². The quantitative estimate of drug-likeness (QED) is 0.618. The van der Waals surface area contributed by atoms with Crippen molar-refractivity contribution in [2.45, 2.75) is 45.5 Å². The Balaban J connectivity index is 2.78. The Morgan fingerprint density at radius 2 is 1.65 bits per heavy atom. The Bertz CT molecular complexity index is 385. The molecule has 0 aliphatic rings. The van der Waals surface area contributed by atoms with E-state index in [2.05, 4.69) is 34.7 Å². The molecule has 1 aromatic carbocycles. The van der Waals surface area contributed by atoms with Gasteiger partial charge in [-0.15, -0.1) is 0 Å². The van der Waals surface area contributed by atoms with Gasteiger partial charge in [-0.2, -0.15) is 13.2 Å². The van der Waals surface area contributed by atoms with Crippen molar-refractivity contribution in [3.63, 3.8) is 0 Å². The van der Waals surface area contributed by atoms with E-state index in [-0.39, 0.29) is 0 Å². The Labute approximate surface area is 127 Å². The van der Waals surface area contributed by atoms with Crippen LogP contribution in [0.4, 0.5) is 13.2 Å². The summed E-state index contributed by atoms with van der Waals surface area (Å²) in [6, 6.07) is 5.94. The van der Waals surface area contributed by atoms with Gasteiger partial charge >= 0.3 is 6.18 Å². The van der Waals surface area contributed by atoms with Gasteiger partial charge in [0.05, 0.1) is 5.56 Å². The van der Waals surface area contributed by atoms with Gasteiger partial charge in [-0.3, -0.25) is 4.90 Å². The Morgan fingerprint density at radius 1 is 1.10 bits per heavy atom. The molecular formula is C15H21BrF3N. The summed E-state index contributed by atoms with van der Waals surface area (Å²) in [7, 11) is 0. The second-order valence-corrected chi connectivity index (χ2v) is 5.62. The molecular weight excluding hydrogens is 331 g/mol. The fraction of sp³-hybridized carbons (Fsp3) is 0.600. The van der Waals surface area contributed by atoms with Gasteiger partial charge in [0.1, 0.15) is 0 Å². The van der Waals surface area contributed by atoms with Gasteiger partial charge in [-0.05, 0) is 30.5 Å². The van der Waals surface area contributed by atoms with Crippen LogP contribution in [-0.2, 0) is 12.7 Å². The van der Waals surface area contributed by atoms with E-state index in [1.807, 2.05) is 0 Å². The van der Waals surface area contributed by atoms with Gasteiger partial charge in [0.25, 0.3) is 0 Å². The van der Waals surface area contributed by atoms with E-state index < -0.39 is 11.7 Å². The van der Waals surface area contributed by atoms with Crippen LogP contribution >= 0.6 is 15.9 Å². The monoisotopic (exact) mass is 351 g/mol. The molecule has 1 nitrogen and oxygen atoms in total. The predicted octanol–water partition coefficient (Wildman–Crippen LogP) is 5.09. The normalized spacial score (nSPS) is 12.4. The molecule has 20 heavy (non-hydrogen) atoms. The first-order valence-corrected chi connectivity index (χ1v) is 8.00. The molecule has 0 bridgehead atoms. The summed E-state index contributed by atoms with van der Waals surface area (Å²) in [4.78, 5) is 2.32. The standard InChI is InChI=1S/C15H21BrF3N/c1-3-14(4-2)20(10-9-16)11-12-5-7-13(8-6-12)15(17,18)19/h5-8,14H,3-4,9-11H2,1-2H3. The third-order valence-electron chi connectivity index (χ3n) is 3.50. The Morgan fingerprint density at radius 3 is 2.05 bits per heavy atom. The fourth-order valence-corrected chi connectivity index (χ4v) is 2.79. The van der Waals surface area contributed by atoms with Crippen LogP contribution in [0.15, 0.2) is 24.3 Å². The molecule has 0 N–H and O–H groups in total. The molecule has 0 saturated heterocycles. The van der Waals surface area contributed by atoms with Crippen molar-refractivity contribution in [1.29, 1.82) is 0 Å². The minimum atomic E-state index is -4.26. The fourth-order valence-electron chi connectivity index (χ4n) is 2.34. The maximum absolute atomic E-state index is 12.5. The first-order chi connectivity index (χ1) is 9.42. The first-order valence-electron chi connectivity index (χ1n) is 6.88. The number of hydrogen-bond donors (Lipinski definition) is 0. The summed E-state index contributed by atoms with van der Waals surface area (Å²) in [6.45, 7) is 5.87. The highest BCUT2D eigenvalue weighted by Crippen LogP contribution is 2.29. The van der Waals surface area contributed by atoms with Crippen LogP contribution in [0.25, 0.3) is 0 Å². The second kappa shape index (κ2) is 8.03. The highest BCUT2D eigenvalue weighted by molar-refractivity contribution is 9.09. The van der Waals surface area contributed by atoms with Gasteiger partial charge in [-0.25, -0.2) is 0 Å². The van der Waals surface area contributed by atoms with E-state index in [4.69, 9.17) is 0 Å². The van der Waals surface area contributed by atoms with Crippen molar-refractivity contribution in [3.05, 3.63) is 35.4 Å². The second-order valence-electron chi connectivity index (χ2n) is 4.82. The number of nitrogens with zero attached hydrogens (tertiary/aromatic N) is 1. The first kappa shape index (κ1) is 17.5. The molecule has 0 saturated carbocycles. The van der Waals surface area contributed by atoms with Crippen LogP contribution < -0.4 is 0 Å². The maximum Gasteiger partial charge on any atom is 0.416 e. The number of rotatable bonds is 7. The van der Waals surface area contributed by atoms with Crippen molar-refractivity contribution < 1.29 is 13.2 Å². The maximum atomic E-state index is 12.5. The van der Waals surface area contributed by atoms with E-state index in [1.54, 1.807) is 12.1 Å². The van der Waals surface area contributed by atoms with E-state index in [0.29, 0.717) is 12.6 Å². The van der Waals surface area contributed by atoms with Crippen molar-refractivity contribution in [3.8, 4) is 0 Å². The van der Waals surface area contributed by atoms with Crippen molar-refractivity contribution >= 4 is 15.9 Å². The Hall–Kier alpha value is -0.550. The molecule has 1 rings (SSSR count). The molecule has 0 radical (unpaired) electrons. The summed E-state index contributed by atoms with van der Waals surface area (Å²) >= 11 is 3.44. The van der Waals surface area contributed by atoms with E-state index in [1.165, 1.54) is 0 Å². The predicted molar refractivity (Wildman–Crippen MR) is 80.0 cm³/mol. The Kier molecular flexibility index (Phi) is 7.03. The lowest BCUT2D eigenvalue weighted by molar-refractivity contribution is -0.137. The summed E-state index contributed by atoms with van der Waals surface area (Å²) in [5, 5.41) is 0.865. The van der Waals surface area contributed by atoms with Gasteiger partial charge in [0, 0.05) is 24.5 Å². The largest absolute Gasteiger partial charge is 0.416 e. The summed E-state index contributed by atoms with van der Waals surface area (Å²) < 4.78 is 37.6. The molecule has 0 heterocycles. The molecule has 114 valence electrons. The number of benzene rings is 1. The molecule has 1 aromatic rings. The summed E-state index contributed by atoms with van der Waals surface area (Å²) in [5.74, 6) is 0. The van der Waals surface area contributed by atoms with Crippen LogP contribution in [0.5, 0.6) is 0 Å². The highest BCUT2D eigenvalue weighted by Gasteiger charge is 2.30. The van der Waals surface area contributed by atoms with Gasteiger partial charge in [0.2, 0.25) is 0 Å². The van der Waals surface area contributed by atoms with Crippen LogP contribution in [0.1, 0.15) is 37.8 Å². The van der Waals surface area contributed by atoms with Gasteiger partial charge in [-0.1, -0.05) is 41.9 Å². The molecule has 0 aromatic heterocycles. The molecule has 0 aliphatic carbocycles. The van der Waals surface area contributed by atoms with Crippen LogP contribution in [-0.4, -0.2) is 22.8 Å². The van der Waals surface area contributed by atoms with E-state index >= 15 is 0 Å². The zero-order valence-electron chi connectivity index (χ0n) is 11.9. The molecule has 0 spiro atoms. The zero-order valence-corrected chi connectivity index (χ0v) is 13.5. The lowest BCUT2D eigenvalue weighted by atomic mass is 10.1. The minimum Gasteiger partial charge on any atom is -0.295 e. The van der Waals surface area contributed by atoms with E-state index in [0.717, 1.165) is 42.4 Å². The van der Waals surface area contributed by atoms with Crippen molar-refractivity contribution in [2.75, 3.05) is 11.9 Å². The minimum absolute atomic E-state index is 0.467. The van der Waals surface area contributed by atoms with Gasteiger partial charge in [0.15, 0.2) is 0 Å². The van der Waals surface area contributed by atoms with E-state index in [9.17, 15) is 13.2 Å². The smallest absolute Gasteiger partial charge is 0.295 e. The number of alkyl halides is 4. The van der Waals surface area contributed by atoms with Crippen LogP contribution in [0, 0.1) is 0 Å². The highest BCUT2D eigenvalue weighted by atomic mass is 79.9. The van der Waals surface area contributed by atoms with Crippen LogP contribution in [0.3, 0.4) is 0 Å². The third-order valence-corrected chi connectivity index (χ3v) is 3.85. The topological polar surface area (TPSA) is 3.24 Å². The lowest BCUT2D eigenvalue weighted by Crippen LogP contribution is -2.35. The zero-order chi connectivity index (χ0) is 15.2. The number of hydrogen-bond acceptors (Lipinski definition) is 1. The van der Waals surface area contributed by atoms with Crippen molar-refractivity contribution in [2.24, 2.45) is 0 Å². The third kappa shape index (κ3) is 5.09. The van der Waals surface area contributed by atoms with Crippen LogP contribution in [0.2, 0.25) is 0 Å². The molecule has 0 fully saturated rings. The van der Waals surface area contributed by atoms with Crippen molar-refractivity contribution in [1.82, 2.24) is 4.90 Å². The lowest BCUT2D eigenvalue weighted by Gasteiger charge is -2.30.